The fourth-order valence-electron chi connectivity index (χ4n) is 3.77. The van der Waals surface area contributed by atoms with Crippen molar-refractivity contribution in [3.8, 4) is 0 Å². The van der Waals surface area contributed by atoms with Crippen LogP contribution in [0.5, 0.6) is 0 Å². The molecule has 2 aliphatic heterocycles. The Labute approximate surface area is 171 Å². The SMILES string of the molecule is CN=C(NCCCc1cccc(Br)c1)N1CCC(OCC2CCCO2)CC1. The molecular weight excluding hydrogens is 406 g/mol. The summed E-state index contributed by atoms with van der Waals surface area (Å²) in [5, 5.41) is 3.52. The molecule has 5 nitrogen and oxygen atoms in total. The lowest BCUT2D eigenvalue weighted by Crippen LogP contribution is -2.47. The van der Waals surface area contributed by atoms with Crippen LogP contribution in [0, 0.1) is 0 Å². The second kappa shape index (κ2) is 11.0. The van der Waals surface area contributed by atoms with Crippen LogP contribution in [0.4, 0.5) is 0 Å². The smallest absolute Gasteiger partial charge is 0.193 e. The molecule has 2 heterocycles. The molecule has 2 fully saturated rings. The summed E-state index contributed by atoms with van der Waals surface area (Å²) >= 11 is 3.53. The molecule has 27 heavy (non-hydrogen) atoms. The molecule has 6 heteroatoms. The summed E-state index contributed by atoms with van der Waals surface area (Å²) in [6.45, 7) is 4.60. The number of benzene rings is 1. The van der Waals surface area contributed by atoms with Crippen molar-refractivity contribution in [3.63, 3.8) is 0 Å². The molecule has 0 saturated carbocycles. The molecule has 0 aromatic heterocycles. The molecule has 1 aromatic rings. The Bertz CT molecular complexity index is 597. The van der Waals surface area contributed by atoms with Crippen molar-refractivity contribution in [1.29, 1.82) is 0 Å². The highest BCUT2D eigenvalue weighted by Gasteiger charge is 2.24. The maximum atomic E-state index is 6.07. The fraction of sp³-hybridized carbons (Fsp3) is 0.667. The lowest BCUT2D eigenvalue weighted by molar-refractivity contribution is -0.0367. The van der Waals surface area contributed by atoms with Crippen LogP contribution in [0.1, 0.15) is 37.7 Å². The molecule has 2 saturated heterocycles. The number of halogens is 1. The van der Waals surface area contributed by atoms with Crippen molar-refractivity contribution in [1.82, 2.24) is 10.2 Å². The van der Waals surface area contributed by atoms with Crippen molar-refractivity contribution in [2.45, 2.75) is 50.7 Å². The van der Waals surface area contributed by atoms with Crippen molar-refractivity contribution in [2.24, 2.45) is 4.99 Å². The zero-order chi connectivity index (χ0) is 18.9. The summed E-state index contributed by atoms with van der Waals surface area (Å²) in [5.41, 5.74) is 1.37. The highest BCUT2D eigenvalue weighted by atomic mass is 79.9. The van der Waals surface area contributed by atoms with E-state index >= 15 is 0 Å². The zero-order valence-electron chi connectivity index (χ0n) is 16.3. The van der Waals surface area contributed by atoms with Crippen molar-refractivity contribution in [2.75, 3.05) is 39.9 Å². The minimum Gasteiger partial charge on any atom is -0.376 e. The first kappa shape index (κ1) is 20.6. The first-order chi connectivity index (χ1) is 13.2. The predicted octanol–water partition coefficient (Wildman–Crippen LogP) is 3.62. The number of rotatable bonds is 7. The van der Waals surface area contributed by atoms with Crippen LogP contribution in [0.2, 0.25) is 0 Å². The van der Waals surface area contributed by atoms with Gasteiger partial charge in [0.1, 0.15) is 0 Å². The zero-order valence-corrected chi connectivity index (χ0v) is 17.9. The number of hydrogen-bond donors (Lipinski definition) is 1. The third-order valence-corrected chi connectivity index (χ3v) is 5.80. The van der Waals surface area contributed by atoms with Crippen molar-refractivity contribution in [3.05, 3.63) is 34.3 Å². The topological polar surface area (TPSA) is 46.1 Å². The quantitative estimate of drug-likeness (QED) is 0.401. The van der Waals surface area contributed by atoms with E-state index in [1.165, 1.54) is 12.0 Å². The van der Waals surface area contributed by atoms with Gasteiger partial charge in [-0.2, -0.15) is 0 Å². The lowest BCUT2D eigenvalue weighted by atomic mass is 10.1. The van der Waals surface area contributed by atoms with Crippen LogP contribution in [0.3, 0.4) is 0 Å². The van der Waals surface area contributed by atoms with E-state index in [0.29, 0.717) is 12.2 Å². The fourth-order valence-corrected chi connectivity index (χ4v) is 4.22. The van der Waals surface area contributed by atoms with E-state index in [1.54, 1.807) is 0 Å². The largest absolute Gasteiger partial charge is 0.376 e. The molecule has 0 amide bonds. The number of nitrogens with one attached hydrogen (secondary N) is 1. The van der Waals surface area contributed by atoms with Gasteiger partial charge in [-0.3, -0.25) is 4.99 Å². The number of guanidine groups is 1. The molecule has 0 aliphatic carbocycles. The molecule has 1 unspecified atom stereocenters. The van der Waals surface area contributed by atoms with E-state index in [2.05, 4.69) is 55.4 Å². The third-order valence-electron chi connectivity index (χ3n) is 5.31. The second-order valence-corrected chi connectivity index (χ2v) is 8.28. The summed E-state index contributed by atoms with van der Waals surface area (Å²) in [6.07, 6.45) is 7.30. The molecule has 0 bridgehead atoms. The van der Waals surface area contributed by atoms with E-state index in [0.717, 1.165) is 75.4 Å². The molecule has 3 rings (SSSR count). The molecule has 150 valence electrons. The van der Waals surface area contributed by atoms with Gasteiger partial charge in [0.2, 0.25) is 0 Å². The molecule has 0 radical (unpaired) electrons. The number of ether oxygens (including phenoxy) is 2. The molecule has 1 aromatic carbocycles. The second-order valence-electron chi connectivity index (χ2n) is 7.36. The normalized spacial score (nSPS) is 21.6. The Balaban J connectivity index is 1.32. The maximum absolute atomic E-state index is 6.07. The molecule has 2 aliphatic rings. The number of hydrogen-bond acceptors (Lipinski definition) is 3. The van der Waals surface area contributed by atoms with E-state index < -0.39 is 0 Å². The maximum Gasteiger partial charge on any atom is 0.193 e. The van der Waals surface area contributed by atoms with Gasteiger partial charge in [-0.25, -0.2) is 0 Å². The van der Waals surface area contributed by atoms with Gasteiger partial charge in [-0.15, -0.1) is 0 Å². The van der Waals surface area contributed by atoms with Gasteiger partial charge in [-0.05, 0) is 56.2 Å². The van der Waals surface area contributed by atoms with Gasteiger partial charge in [0.25, 0.3) is 0 Å². The molecule has 1 atom stereocenters. The Morgan fingerprint density at radius 1 is 1.33 bits per heavy atom. The van der Waals surface area contributed by atoms with Gasteiger partial charge < -0.3 is 19.7 Å². The third kappa shape index (κ3) is 6.77. The van der Waals surface area contributed by atoms with Crippen LogP contribution in [0.25, 0.3) is 0 Å². The molecule has 1 N–H and O–H groups in total. The summed E-state index contributed by atoms with van der Waals surface area (Å²) < 4.78 is 12.9. The Hall–Kier alpha value is -1.11. The standard InChI is InChI=1S/C21H32BrN3O2/c1-23-21(24-11-3-6-17-5-2-7-18(22)15-17)25-12-9-19(10-13-25)27-16-20-8-4-14-26-20/h2,5,7,15,19-20H,3-4,6,8-14,16H2,1H3,(H,23,24). The van der Waals surface area contributed by atoms with Crippen LogP contribution in [-0.4, -0.2) is 63.0 Å². The van der Waals surface area contributed by atoms with Crippen LogP contribution < -0.4 is 5.32 Å². The average Bonchev–Trinajstić information content (AvgIpc) is 3.21. The summed E-state index contributed by atoms with van der Waals surface area (Å²) in [6, 6.07) is 8.53. The van der Waals surface area contributed by atoms with Crippen LogP contribution in [-0.2, 0) is 15.9 Å². The average molecular weight is 438 g/mol. The van der Waals surface area contributed by atoms with Crippen molar-refractivity contribution < 1.29 is 9.47 Å². The Morgan fingerprint density at radius 2 is 2.19 bits per heavy atom. The highest BCUT2D eigenvalue weighted by molar-refractivity contribution is 9.10. The number of nitrogens with zero attached hydrogens (tertiary/aromatic N) is 2. The number of piperidine rings is 1. The van der Waals surface area contributed by atoms with Crippen LogP contribution >= 0.6 is 15.9 Å². The molecule has 0 spiro atoms. The predicted molar refractivity (Wildman–Crippen MR) is 113 cm³/mol. The summed E-state index contributed by atoms with van der Waals surface area (Å²) in [4.78, 5) is 6.82. The lowest BCUT2D eigenvalue weighted by Gasteiger charge is -2.34. The summed E-state index contributed by atoms with van der Waals surface area (Å²) in [5.74, 6) is 1.02. The minimum absolute atomic E-state index is 0.322. The number of likely N-dealkylation sites (tertiary alicyclic amines) is 1. The van der Waals surface area contributed by atoms with E-state index in [4.69, 9.17) is 9.47 Å². The summed E-state index contributed by atoms with van der Waals surface area (Å²) in [7, 11) is 1.87. The van der Waals surface area contributed by atoms with Crippen LogP contribution in [0.15, 0.2) is 33.7 Å². The minimum atomic E-state index is 0.322. The van der Waals surface area contributed by atoms with Gasteiger partial charge in [-0.1, -0.05) is 28.1 Å². The van der Waals surface area contributed by atoms with Gasteiger partial charge in [0.05, 0.1) is 18.8 Å². The van der Waals surface area contributed by atoms with E-state index in [9.17, 15) is 0 Å². The Morgan fingerprint density at radius 3 is 2.89 bits per heavy atom. The first-order valence-corrected chi connectivity index (χ1v) is 11.0. The Kier molecular flexibility index (Phi) is 8.42. The van der Waals surface area contributed by atoms with Gasteiger partial charge in [0, 0.05) is 37.8 Å². The first-order valence-electron chi connectivity index (χ1n) is 10.2. The highest BCUT2D eigenvalue weighted by Crippen LogP contribution is 2.18. The van der Waals surface area contributed by atoms with Gasteiger partial charge in [0.15, 0.2) is 5.96 Å². The van der Waals surface area contributed by atoms with E-state index in [-0.39, 0.29) is 0 Å². The van der Waals surface area contributed by atoms with E-state index in [1.807, 2.05) is 7.05 Å². The monoisotopic (exact) mass is 437 g/mol. The van der Waals surface area contributed by atoms with Gasteiger partial charge >= 0.3 is 0 Å². The number of aryl methyl sites for hydroxylation is 1. The van der Waals surface area contributed by atoms with Crippen molar-refractivity contribution >= 4 is 21.9 Å². The number of aliphatic imine (C=N–C) groups is 1. The molecular formula is C21H32BrN3O2.